The third-order valence-electron chi connectivity index (χ3n) is 5.08. The van der Waals surface area contributed by atoms with Crippen molar-refractivity contribution in [1.29, 1.82) is 0 Å². The van der Waals surface area contributed by atoms with Crippen LogP contribution in [0.15, 0.2) is 48.5 Å². The number of carbonyl (C=O) groups excluding carboxylic acids is 1. The predicted octanol–water partition coefficient (Wildman–Crippen LogP) is 3.90. The zero-order chi connectivity index (χ0) is 21.6. The molecule has 0 spiro atoms. The number of sulfonamides is 1. The normalized spacial score (nSPS) is 14.1. The van der Waals surface area contributed by atoms with Gasteiger partial charge in [0, 0.05) is 24.7 Å². The second kappa shape index (κ2) is 9.91. The highest BCUT2D eigenvalue weighted by Gasteiger charge is 2.32. The van der Waals surface area contributed by atoms with E-state index in [4.69, 9.17) is 4.74 Å². The first-order valence-corrected chi connectivity index (χ1v) is 11.6. The second-order valence-corrected chi connectivity index (χ2v) is 9.27. The minimum absolute atomic E-state index is 0.130. The Balaban J connectivity index is 1.89. The Labute approximate surface area is 178 Å². The lowest BCUT2D eigenvalue weighted by molar-refractivity contribution is -0.134. The van der Waals surface area contributed by atoms with Gasteiger partial charge in [-0.05, 0) is 35.3 Å². The van der Waals surface area contributed by atoms with Crippen LogP contribution in [0.5, 0.6) is 5.75 Å². The van der Waals surface area contributed by atoms with Gasteiger partial charge in [-0.3, -0.25) is 0 Å². The molecule has 0 aliphatic carbocycles. The maximum Gasteiger partial charge on any atom is 0.330 e. The number of hydrogen-bond donors (Lipinski definition) is 0. The molecule has 0 saturated carbocycles. The molecule has 2 aromatic rings. The number of benzene rings is 2. The van der Waals surface area contributed by atoms with Crippen LogP contribution in [0.2, 0.25) is 0 Å². The van der Waals surface area contributed by atoms with Gasteiger partial charge in [0.05, 0.1) is 12.9 Å². The van der Waals surface area contributed by atoms with Gasteiger partial charge in [-0.1, -0.05) is 49.7 Å². The topological polar surface area (TPSA) is 72.9 Å². The number of ether oxygens (including phenoxy) is 2. The molecule has 1 aliphatic heterocycles. The average Bonchev–Trinajstić information content (AvgIpc) is 3.22. The molecule has 160 valence electrons. The van der Waals surface area contributed by atoms with E-state index in [2.05, 4.69) is 4.74 Å². The van der Waals surface area contributed by atoms with Gasteiger partial charge in [0.2, 0.25) is 10.0 Å². The summed E-state index contributed by atoms with van der Waals surface area (Å²) in [4.78, 5) is 11.5. The van der Waals surface area contributed by atoms with Crippen molar-refractivity contribution in [3.8, 4) is 5.75 Å². The zero-order valence-corrected chi connectivity index (χ0v) is 18.2. The minimum atomic E-state index is -3.36. The van der Waals surface area contributed by atoms with Crippen LogP contribution in [-0.2, 0) is 39.3 Å². The van der Waals surface area contributed by atoms with Gasteiger partial charge in [0.25, 0.3) is 0 Å². The van der Waals surface area contributed by atoms with Gasteiger partial charge >= 0.3 is 5.97 Å². The van der Waals surface area contributed by atoms with E-state index in [-0.39, 0.29) is 18.8 Å². The molecule has 1 aliphatic rings. The molecule has 0 aromatic heterocycles. The van der Waals surface area contributed by atoms with Crippen LogP contribution >= 0.6 is 0 Å². The molecule has 6 nitrogen and oxygen atoms in total. The lowest BCUT2D eigenvalue weighted by Crippen LogP contribution is -2.28. The average molecular weight is 430 g/mol. The van der Waals surface area contributed by atoms with E-state index in [9.17, 15) is 13.2 Å². The van der Waals surface area contributed by atoms with E-state index in [0.717, 1.165) is 28.7 Å². The Morgan fingerprint density at radius 2 is 1.83 bits per heavy atom. The summed E-state index contributed by atoms with van der Waals surface area (Å²) in [5.41, 5.74) is 3.53. The Hall–Kier alpha value is -2.64. The highest BCUT2D eigenvalue weighted by Crippen LogP contribution is 2.36. The molecule has 3 rings (SSSR count). The Kier molecular flexibility index (Phi) is 7.29. The summed E-state index contributed by atoms with van der Waals surface area (Å²) in [5.74, 6) is 0.334. The lowest BCUT2D eigenvalue weighted by atomic mass is 10.0. The van der Waals surface area contributed by atoms with Crippen LogP contribution in [0.25, 0.3) is 6.08 Å². The largest absolute Gasteiger partial charge is 0.489 e. The Bertz CT molecular complexity index is 1020. The number of esters is 1. The van der Waals surface area contributed by atoms with Crippen LogP contribution in [-0.4, -0.2) is 31.6 Å². The second-order valence-electron chi connectivity index (χ2n) is 7.18. The van der Waals surface area contributed by atoms with Crippen molar-refractivity contribution in [3.63, 3.8) is 0 Å². The van der Waals surface area contributed by atoms with Crippen LogP contribution in [0.3, 0.4) is 0 Å². The molecule has 0 saturated heterocycles. The van der Waals surface area contributed by atoms with E-state index >= 15 is 0 Å². The molecule has 0 unspecified atom stereocenters. The molecule has 0 N–H and O–H groups in total. The summed E-state index contributed by atoms with van der Waals surface area (Å²) in [6, 6.07) is 13.5. The van der Waals surface area contributed by atoms with Crippen LogP contribution < -0.4 is 4.74 Å². The van der Waals surface area contributed by atoms with Crippen LogP contribution in [0.4, 0.5) is 0 Å². The van der Waals surface area contributed by atoms with Gasteiger partial charge in [-0.25, -0.2) is 13.2 Å². The number of rotatable bonds is 9. The SMILES string of the molecule is CCCCS(=O)(=O)N1Cc2c(/C=C/C(=O)OC)ccc(OCc3ccccc3)c2C1. The van der Waals surface area contributed by atoms with Gasteiger partial charge in [-0.15, -0.1) is 0 Å². The van der Waals surface area contributed by atoms with E-state index < -0.39 is 16.0 Å². The van der Waals surface area contributed by atoms with Crippen LogP contribution in [0.1, 0.15) is 42.0 Å². The number of carbonyl (C=O) groups is 1. The van der Waals surface area contributed by atoms with E-state index in [1.165, 1.54) is 17.5 Å². The van der Waals surface area contributed by atoms with Crippen molar-refractivity contribution < 1.29 is 22.7 Å². The molecule has 0 radical (unpaired) electrons. The maximum atomic E-state index is 12.8. The lowest BCUT2D eigenvalue weighted by Gasteiger charge is -2.15. The van der Waals surface area contributed by atoms with E-state index in [0.29, 0.717) is 18.8 Å². The number of nitrogens with zero attached hydrogens (tertiary/aromatic N) is 1. The fourth-order valence-electron chi connectivity index (χ4n) is 3.36. The van der Waals surface area contributed by atoms with Gasteiger partial charge in [0.1, 0.15) is 12.4 Å². The first-order valence-electron chi connectivity index (χ1n) is 10.00. The van der Waals surface area contributed by atoms with E-state index in [1.807, 2.05) is 49.4 Å². The summed E-state index contributed by atoms with van der Waals surface area (Å²) in [6.07, 6.45) is 4.45. The van der Waals surface area contributed by atoms with Crippen LogP contribution in [0, 0.1) is 0 Å². The first-order chi connectivity index (χ1) is 14.4. The molecule has 2 aromatic carbocycles. The van der Waals surface area contributed by atoms with Crippen molar-refractivity contribution in [3.05, 3.63) is 70.8 Å². The molecule has 30 heavy (non-hydrogen) atoms. The third-order valence-corrected chi connectivity index (χ3v) is 6.93. The van der Waals surface area contributed by atoms with Gasteiger partial charge in [-0.2, -0.15) is 4.31 Å². The quantitative estimate of drug-likeness (QED) is 0.447. The molecular formula is C23H27NO5S. The van der Waals surface area contributed by atoms with Crippen molar-refractivity contribution in [2.75, 3.05) is 12.9 Å². The first kappa shape index (κ1) is 22.1. The van der Waals surface area contributed by atoms with Crippen molar-refractivity contribution in [1.82, 2.24) is 4.31 Å². The van der Waals surface area contributed by atoms with Gasteiger partial charge < -0.3 is 9.47 Å². The summed E-state index contributed by atoms with van der Waals surface area (Å²) < 4.78 is 37.7. The number of fused-ring (bicyclic) bond motifs is 1. The molecule has 7 heteroatoms. The highest BCUT2D eigenvalue weighted by molar-refractivity contribution is 7.89. The molecule has 1 heterocycles. The fraction of sp³-hybridized carbons (Fsp3) is 0.348. The monoisotopic (exact) mass is 429 g/mol. The fourth-order valence-corrected chi connectivity index (χ4v) is 4.93. The minimum Gasteiger partial charge on any atom is -0.489 e. The standard InChI is InChI=1S/C23H27NO5S/c1-3-4-14-30(26,27)24-15-20-19(11-13-23(25)28-2)10-12-22(21(20)16-24)29-17-18-8-6-5-7-9-18/h5-13H,3-4,14-17H2,1-2H3/b13-11+. The summed E-state index contributed by atoms with van der Waals surface area (Å²) in [5, 5.41) is 0. The zero-order valence-electron chi connectivity index (χ0n) is 17.3. The van der Waals surface area contributed by atoms with Crippen molar-refractivity contribution >= 4 is 22.1 Å². The Morgan fingerprint density at radius 1 is 1.10 bits per heavy atom. The molecule has 0 atom stereocenters. The third kappa shape index (κ3) is 5.29. The molecular weight excluding hydrogens is 402 g/mol. The summed E-state index contributed by atoms with van der Waals surface area (Å²) in [7, 11) is -2.05. The Morgan fingerprint density at radius 3 is 2.53 bits per heavy atom. The number of methoxy groups -OCH3 is 1. The maximum absolute atomic E-state index is 12.8. The smallest absolute Gasteiger partial charge is 0.330 e. The highest BCUT2D eigenvalue weighted by atomic mass is 32.2. The number of unbranched alkanes of at least 4 members (excludes halogenated alkanes) is 1. The molecule has 0 fully saturated rings. The summed E-state index contributed by atoms with van der Waals surface area (Å²) >= 11 is 0. The van der Waals surface area contributed by atoms with E-state index in [1.54, 1.807) is 6.08 Å². The van der Waals surface area contributed by atoms with Crippen molar-refractivity contribution in [2.24, 2.45) is 0 Å². The molecule has 0 bridgehead atoms. The summed E-state index contributed by atoms with van der Waals surface area (Å²) in [6.45, 7) is 2.91. The predicted molar refractivity (Wildman–Crippen MR) is 116 cm³/mol. The number of hydrogen-bond acceptors (Lipinski definition) is 5. The van der Waals surface area contributed by atoms with Crippen molar-refractivity contribution in [2.45, 2.75) is 39.5 Å². The van der Waals surface area contributed by atoms with Gasteiger partial charge in [0.15, 0.2) is 0 Å². The molecule has 0 amide bonds.